The van der Waals surface area contributed by atoms with E-state index in [2.05, 4.69) is 28.1 Å². The van der Waals surface area contributed by atoms with Gasteiger partial charge in [-0.05, 0) is 30.1 Å². The zero-order valence-corrected chi connectivity index (χ0v) is 12.3. The Balaban J connectivity index is 0. The van der Waals surface area contributed by atoms with E-state index in [0.29, 0.717) is 0 Å². The van der Waals surface area contributed by atoms with Crippen LogP contribution in [0.15, 0.2) is 61.2 Å². The van der Waals surface area contributed by atoms with Gasteiger partial charge in [-0.2, -0.15) is 0 Å². The Hall–Kier alpha value is -0.987. The average Bonchev–Trinajstić information content (AvgIpc) is 2.37. The van der Waals surface area contributed by atoms with Crippen molar-refractivity contribution < 1.29 is 19.5 Å². The number of rotatable bonds is 0. The topological polar surface area (TPSA) is 25.8 Å². The molecule has 0 bridgehead atoms. The zero-order chi connectivity index (χ0) is 10.5. The van der Waals surface area contributed by atoms with Crippen LogP contribution in [0.2, 0.25) is 0 Å². The van der Waals surface area contributed by atoms with Gasteiger partial charge in [-0.3, -0.25) is 9.97 Å². The van der Waals surface area contributed by atoms with Crippen molar-refractivity contribution in [3.05, 3.63) is 61.2 Å². The minimum Gasteiger partial charge on any atom is -0.265 e. The third-order valence-electron chi connectivity index (χ3n) is 1.13. The normalized spacial score (nSPS) is 6.67. The van der Waals surface area contributed by atoms with E-state index in [1.54, 1.807) is 24.8 Å². The maximum atomic E-state index is 3.83. The molecule has 0 atom stereocenters. The van der Waals surface area contributed by atoms with Crippen LogP contribution in [0, 0.1) is 0 Å². The Morgan fingerprint density at radius 3 is 0.933 bits per heavy atom. The maximum absolute atomic E-state index is 3.83. The van der Waals surface area contributed by atoms with Crippen LogP contribution in [0.1, 0.15) is 0 Å². The van der Waals surface area contributed by atoms with E-state index in [-0.39, 0.29) is 19.5 Å². The largest absolute Gasteiger partial charge is 0.265 e. The summed E-state index contributed by atoms with van der Waals surface area (Å²) in [6, 6.07) is 11.4. The molecule has 2 heterocycles. The minimum atomic E-state index is 0. The molecule has 0 N–H and O–H groups in total. The second-order valence-corrected chi connectivity index (χ2v) is 2.05. The first-order valence-corrected chi connectivity index (χ1v) is 4.57. The first-order valence-electron chi connectivity index (χ1n) is 3.99. The van der Waals surface area contributed by atoms with Gasteiger partial charge in [0.1, 0.15) is 0 Å². The van der Waals surface area contributed by atoms with Gasteiger partial charge in [-0.25, -0.2) is 0 Å². The van der Waals surface area contributed by atoms with Gasteiger partial charge in [0.15, 0.2) is 0 Å². The van der Waals surface area contributed by atoms with Gasteiger partial charge in [0.25, 0.3) is 0 Å². The van der Waals surface area contributed by atoms with Crippen molar-refractivity contribution in [2.45, 2.75) is 0 Å². The molecule has 2 rings (SSSR count). The number of nitrogens with zero attached hydrogens (tertiary/aromatic N) is 2. The monoisotopic (exact) mass is 268 g/mol. The molecule has 0 aliphatic heterocycles. The van der Waals surface area contributed by atoms with Gasteiger partial charge >= 0.3 is 0 Å². The third-order valence-corrected chi connectivity index (χ3v) is 1.13. The molecule has 2 nitrogen and oxygen atoms in total. The molecule has 0 aromatic carbocycles. The van der Waals surface area contributed by atoms with E-state index in [4.69, 9.17) is 0 Å². The first-order chi connectivity index (χ1) is 7.00. The van der Waals surface area contributed by atoms with E-state index in [9.17, 15) is 0 Å². The summed E-state index contributed by atoms with van der Waals surface area (Å²) in [5, 5.41) is 0. The van der Waals surface area contributed by atoms with Crippen LogP contribution in [0.4, 0.5) is 0 Å². The van der Waals surface area contributed by atoms with Crippen LogP contribution < -0.4 is 0 Å². The summed E-state index contributed by atoms with van der Waals surface area (Å²) in [6.45, 7) is 0. The smallest absolute Gasteiger partial charge is 0.0267 e. The molecule has 0 aliphatic rings. The van der Waals surface area contributed by atoms with Crippen LogP contribution in [-0.4, -0.2) is 15.8 Å². The summed E-state index contributed by atoms with van der Waals surface area (Å²) in [7, 11) is 0. The Bertz CT molecular complexity index is 207. The molecule has 0 unspecified atom stereocenters. The van der Waals surface area contributed by atoms with Gasteiger partial charge in [0, 0.05) is 44.3 Å². The van der Waals surface area contributed by atoms with E-state index in [1.165, 1.54) is 0 Å². The number of hydrogen-bond acceptors (Lipinski definition) is 3. The van der Waals surface area contributed by atoms with Crippen molar-refractivity contribution in [1.29, 1.82) is 0 Å². The van der Waals surface area contributed by atoms with E-state index < -0.39 is 0 Å². The zero-order valence-electron chi connectivity index (χ0n) is 8.49. The van der Waals surface area contributed by atoms with Crippen LogP contribution in [0.25, 0.3) is 0 Å². The molecule has 0 spiro atoms. The maximum Gasteiger partial charge on any atom is 0.0267 e. The molecule has 0 aliphatic carbocycles. The van der Waals surface area contributed by atoms with Crippen LogP contribution >= 0.6 is 12.2 Å². The van der Waals surface area contributed by atoms with Gasteiger partial charge in [-0.1, -0.05) is 24.4 Å². The predicted molar refractivity (Wildman–Crippen MR) is 63.2 cm³/mol. The molecule has 0 fully saturated rings. The summed E-state index contributed by atoms with van der Waals surface area (Å²) in [5.74, 6) is 2.83. The Morgan fingerprint density at radius 1 is 0.600 bits per heavy atom. The molecule has 0 radical (unpaired) electrons. The fraction of sp³-hybridized carbons (Fsp3) is 0. The molecule has 0 saturated heterocycles. The summed E-state index contributed by atoms with van der Waals surface area (Å²) in [4.78, 5) is 7.57. The second kappa shape index (κ2) is 15.5. The number of hydrogen-bond donors (Lipinski definition) is 0. The van der Waals surface area contributed by atoms with Gasteiger partial charge in [0.05, 0.1) is 0 Å². The van der Waals surface area contributed by atoms with Gasteiger partial charge in [-0.15, -0.1) is 0 Å². The minimum absolute atomic E-state index is 0. The van der Waals surface area contributed by atoms with Gasteiger partial charge in [0.2, 0.25) is 0 Å². The Labute approximate surface area is 109 Å². The van der Waals surface area contributed by atoms with Crippen molar-refractivity contribution in [2.24, 2.45) is 0 Å². The fourth-order valence-electron chi connectivity index (χ4n) is 0.625. The van der Waals surface area contributed by atoms with Gasteiger partial charge < -0.3 is 0 Å². The molecular formula is C11H12N2SZn. The molecule has 2 aromatic rings. The molecule has 0 amide bonds. The van der Waals surface area contributed by atoms with Crippen molar-refractivity contribution in [2.75, 3.05) is 0 Å². The summed E-state index contributed by atoms with van der Waals surface area (Å²) in [6.07, 6.45) is 7.00. The number of thiocarbonyl (C=S) groups is 1. The predicted octanol–water partition coefficient (Wildman–Crippen LogP) is 2.78. The number of pyridine rings is 2. The third kappa shape index (κ3) is 13.0. The summed E-state index contributed by atoms with van der Waals surface area (Å²) >= 11 is 3.83. The molecule has 2 aromatic heterocycles. The first kappa shape index (κ1) is 16.4. The molecular weight excluding hydrogens is 258 g/mol. The second-order valence-electron chi connectivity index (χ2n) is 2.05. The Morgan fingerprint density at radius 2 is 0.867 bits per heavy atom. The SMILES string of the molecule is C=S.[Zn].c1ccncc1.c1ccncc1. The summed E-state index contributed by atoms with van der Waals surface area (Å²) in [5.41, 5.74) is 0. The van der Waals surface area contributed by atoms with Crippen LogP contribution in [-0.2, 0) is 19.5 Å². The van der Waals surface area contributed by atoms with E-state index in [1.807, 2.05) is 36.4 Å². The quantitative estimate of drug-likeness (QED) is 0.543. The molecule has 15 heavy (non-hydrogen) atoms. The van der Waals surface area contributed by atoms with Crippen molar-refractivity contribution in [3.63, 3.8) is 0 Å². The number of aromatic nitrogens is 2. The molecule has 74 valence electrons. The van der Waals surface area contributed by atoms with E-state index >= 15 is 0 Å². The van der Waals surface area contributed by atoms with Crippen LogP contribution in [0.3, 0.4) is 0 Å². The van der Waals surface area contributed by atoms with Crippen molar-refractivity contribution in [3.8, 4) is 0 Å². The van der Waals surface area contributed by atoms with Crippen molar-refractivity contribution in [1.82, 2.24) is 9.97 Å². The van der Waals surface area contributed by atoms with Crippen molar-refractivity contribution >= 4 is 18.1 Å². The fourth-order valence-corrected chi connectivity index (χ4v) is 0.625. The Kier molecular flexibility index (Phi) is 17.0. The molecule has 4 heteroatoms. The standard InChI is InChI=1S/2C5H5N.CH2S.Zn/c2*1-2-4-6-5-3-1;1-2;/h2*1-5H;1H2;. The summed E-state index contributed by atoms with van der Waals surface area (Å²) < 4.78 is 0. The average molecular weight is 270 g/mol. The van der Waals surface area contributed by atoms with E-state index in [0.717, 1.165) is 0 Å². The molecule has 0 saturated carbocycles. The van der Waals surface area contributed by atoms with Crippen LogP contribution in [0.5, 0.6) is 0 Å².